The Morgan fingerprint density at radius 1 is 1.31 bits per heavy atom. The van der Waals surface area contributed by atoms with Gasteiger partial charge in [0.2, 0.25) is 11.8 Å². The average Bonchev–Trinajstić information content (AvgIpc) is 2.99. The highest BCUT2D eigenvalue weighted by Crippen LogP contribution is 2.19. The standard InChI is InChI=1S/C18H22FN3O4/c1-18(2,3)17-21-15(26-22-17)6-4-5-14(23)20-12-8-7-11(9-16(24)25)13(19)10-12/h7-8,10H,4-6,9H2,1-3H3,(H,20,23)(H,24,25). The van der Waals surface area contributed by atoms with Crippen molar-refractivity contribution in [1.82, 2.24) is 10.1 Å². The molecule has 8 heteroatoms. The normalized spacial score (nSPS) is 11.4. The molecule has 0 fully saturated rings. The molecule has 1 aromatic carbocycles. The number of halogens is 1. The number of aromatic nitrogens is 2. The Balaban J connectivity index is 1.82. The number of carboxylic acids is 1. The summed E-state index contributed by atoms with van der Waals surface area (Å²) in [4.78, 5) is 26.9. The third kappa shape index (κ3) is 5.65. The van der Waals surface area contributed by atoms with Gasteiger partial charge < -0.3 is 14.9 Å². The zero-order valence-corrected chi connectivity index (χ0v) is 15.0. The van der Waals surface area contributed by atoms with Crippen LogP contribution in [0, 0.1) is 5.82 Å². The number of aryl methyl sites for hydroxylation is 1. The number of aliphatic carboxylic acids is 1. The second-order valence-electron chi connectivity index (χ2n) is 7.04. The molecule has 1 aromatic heterocycles. The van der Waals surface area contributed by atoms with Crippen molar-refractivity contribution in [3.63, 3.8) is 0 Å². The van der Waals surface area contributed by atoms with Crippen LogP contribution < -0.4 is 5.32 Å². The van der Waals surface area contributed by atoms with Gasteiger partial charge in [-0.25, -0.2) is 4.39 Å². The molecule has 2 N–H and O–H groups in total. The quantitative estimate of drug-likeness (QED) is 0.783. The topological polar surface area (TPSA) is 105 Å². The molecule has 7 nitrogen and oxygen atoms in total. The SMILES string of the molecule is CC(C)(C)c1noc(CCCC(=O)Nc2ccc(CC(=O)O)c(F)c2)n1. The van der Waals surface area contributed by atoms with Crippen molar-refractivity contribution >= 4 is 17.6 Å². The van der Waals surface area contributed by atoms with E-state index < -0.39 is 18.2 Å². The first-order valence-electron chi connectivity index (χ1n) is 8.28. The summed E-state index contributed by atoms with van der Waals surface area (Å²) in [7, 11) is 0. The number of anilines is 1. The predicted octanol–water partition coefficient (Wildman–Crippen LogP) is 3.09. The van der Waals surface area contributed by atoms with E-state index in [0.717, 1.165) is 6.07 Å². The molecule has 2 aromatic rings. The van der Waals surface area contributed by atoms with E-state index in [9.17, 15) is 14.0 Å². The lowest BCUT2D eigenvalue weighted by Crippen LogP contribution is -2.13. The summed E-state index contributed by atoms with van der Waals surface area (Å²) in [6.07, 6.45) is 0.798. The number of benzene rings is 1. The third-order valence-electron chi connectivity index (χ3n) is 3.61. The molecule has 0 aliphatic rings. The molecule has 0 saturated carbocycles. The van der Waals surface area contributed by atoms with Crippen molar-refractivity contribution < 1.29 is 23.6 Å². The van der Waals surface area contributed by atoms with Crippen molar-refractivity contribution in [2.24, 2.45) is 0 Å². The van der Waals surface area contributed by atoms with Gasteiger partial charge in [0.25, 0.3) is 0 Å². The van der Waals surface area contributed by atoms with Gasteiger partial charge in [0.1, 0.15) is 5.82 Å². The second kappa shape index (κ2) is 8.07. The number of carboxylic acid groups (broad SMARTS) is 1. The molecule has 0 spiro atoms. The van der Waals surface area contributed by atoms with E-state index in [0.29, 0.717) is 24.6 Å². The van der Waals surface area contributed by atoms with Crippen LogP contribution >= 0.6 is 0 Å². The van der Waals surface area contributed by atoms with E-state index in [1.165, 1.54) is 12.1 Å². The Morgan fingerprint density at radius 3 is 2.62 bits per heavy atom. The van der Waals surface area contributed by atoms with Crippen LogP contribution in [0.5, 0.6) is 0 Å². The minimum atomic E-state index is -1.11. The first kappa shape index (κ1) is 19.6. The highest BCUT2D eigenvalue weighted by Gasteiger charge is 2.20. The van der Waals surface area contributed by atoms with Crippen LogP contribution in [0.25, 0.3) is 0 Å². The van der Waals surface area contributed by atoms with Crippen molar-refractivity contribution in [3.8, 4) is 0 Å². The fraction of sp³-hybridized carbons (Fsp3) is 0.444. The van der Waals surface area contributed by atoms with E-state index in [2.05, 4.69) is 15.5 Å². The molecule has 0 aliphatic heterocycles. The van der Waals surface area contributed by atoms with Gasteiger partial charge in [-0.05, 0) is 24.1 Å². The third-order valence-corrected chi connectivity index (χ3v) is 3.61. The van der Waals surface area contributed by atoms with E-state index in [4.69, 9.17) is 9.63 Å². The predicted molar refractivity (Wildman–Crippen MR) is 92.3 cm³/mol. The number of rotatable bonds is 7. The molecule has 1 amide bonds. The van der Waals surface area contributed by atoms with E-state index in [-0.39, 0.29) is 29.0 Å². The summed E-state index contributed by atoms with van der Waals surface area (Å²) >= 11 is 0. The van der Waals surface area contributed by atoms with Gasteiger partial charge in [0.05, 0.1) is 6.42 Å². The molecular weight excluding hydrogens is 341 g/mol. The smallest absolute Gasteiger partial charge is 0.307 e. The molecule has 0 saturated heterocycles. The van der Waals surface area contributed by atoms with Crippen molar-refractivity contribution in [2.75, 3.05) is 5.32 Å². The van der Waals surface area contributed by atoms with E-state index in [1.807, 2.05) is 20.8 Å². The summed E-state index contributed by atoms with van der Waals surface area (Å²) in [5, 5.41) is 15.2. The molecule has 2 rings (SSSR count). The minimum Gasteiger partial charge on any atom is -0.481 e. The Labute approximate surface area is 150 Å². The van der Waals surface area contributed by atoms with E-state index in [1.54, 1.807) is 0 Å². The highest BCUT2D eigenvalue weighted by atomic mass is 19.1. The lowest BCUT2D eigenvalue weighted by Gasteiger charge is -2.10. The van der Waals surface area contributed by atoms with Crippen molar-refractivity contribution in [3.05, 3.63) is 41.3 Å². The Kier molecular flexibility index (Phi) is 6.07. The molecule has 26 heavy (non-hydrogen) atoms. The fourth-order valence-electron chi connectivity index (χ4n) is 2.22. The fourth-order valence-corrected chi connectivity index (χ4v) is 2.22. The summed E-state index contributed by atoms with van der Waals surface area (Å²) in [5.74, 6) is -0.950. The monoisotopic (exact) mass is 363 g/mol. The zero-order valence-electron chi connectivity index (χ0n) is 15.0. The second-order valence-corrected chi connectivity index (χ2v) is 7.04. The van der Waals surface area contributed by atoms with Crippen LogP contribution in [-0.4, -0.2) is 27.1 Å². The van der Waals surface area contributed by atoms with Gasteiger partial charge in [0, 0.05) is 23.9 Å². The van der Waals surface area contributed by atoms with Crippen LogP contribution in [0.1, 0.15) is 50.9 Å². The summed E-state index contributed by atoms with van der Waals surface area (Å²) < 4.78 is 19.0. The molecule has 0 bridgehead atoms. The summed E-state index contributed by atoms with van der Waals surface area (Å²) in [5.41, 5.74) is 0.159. The van der Waals surface area contributed by atoms with Gasteiger partial charge in [0.15, 0.2) is 5.82 Å². The molecule has 0 atom stereocenters. The number of carbonyl (C=O) groups is 2. The maximum absolute atomic E-state index is 13.8. The number of hydrogen-bond acceptors (Lipinski definition) is 5. The summed E-state index contributed by atoms with van der Waals surface area (Å²) in [6, 6.07) is 3.95. The Hall–Kier alpha value is -2.77. The highest BCUT2D eigenvalue weighted by molar-refractivity contribution is 5.90. The van der Waals surface area contributed by atoms with Crippen LogP contribution in [-0.2, 0) is 27.8 Å². The van der Waals surface area contributed by atoms with Crippen LogP contribution in [0.2, 0.25) is 0 Å². The van der Waals surface area contributed by atoms with Gasteiger partial charge in [-0.2, -0.15) is 4.98 Å². The Bertz CT molecular complexity index is 796. The Morgan fingerprint density at radius 2 is 2.04 bits per heavy atom. The number of nitrogens with one attached hydrogen (secondary N) is 1. The average molecular weight is 363 g/mol. The number of nitrogens with zero attached hydrogens (tertiary/aromatic N) is 2. The maximum Gasteiger partial charge on any atom is 0.307 e. The lowest BCUT2D eigenvalue weighted by atomic mass is 9.96. The summed E-state index contributed by atoms with van der Waals surface area (Å²) in [6.45, 7) is 5.95. The van der Waals surface area contributed by atoms with Gasteiger partial charge in [-0.15, -0.1) is 0 Å². The van der Waals surface area contributed by atoms with Crippen molar-refractivity contribution in [2.45, 2.75) is 51.9 Å². The van der Waals surface area contributed by atoms with E-state index >= 15 is 0 Å². The van der Waals surface area contributed by atoms with Crippen LogP contribution in [0.4, 0.5) is 10.1 Å². The van der Waals surface area contributed by atoms with Gasteiger partial charge >= 0.3 is 5.97 Å². The number of carbonyl (C=O) groups excluding carboxylic acids is 1. The maximum atomic E-state index is 13.8. The van der Waals surface area contributed by atoms with Crippen LogP contribution in [0.3, 0.4) is 0 Å². The van der Waals surface area contributed by atoms with Gasteiger partial charge in [-0.1, -0.05) is 32.0 Å². The molecule has 0 aliphatic carbocycles. The number of amides is 1. The lowest BCUT2D eigenvalue weighted by molar-refractivity contribution is -0.136. The zero-order chi connectivity index (χ0) is 19.3. The minimum absolute atomic E-state index is 0.0709. The molecule has 1 heterocycles. The first-order valence-corrected chi connectivity index (χ1v) is 8.28. The first-order chi connectivity index (χ1) is 12.1. The largest absolute Gasteiger partial charge is 0.481 e. The van der Waals surface area contributed by atoms with Crippen LogP contribution in [0.15, 0.2) is 22.7 Å². The van der Waals surface area contributed by atoms with Gasteiger partial charge in [-0.3, -0.25) is 9.59 Å². The molecule has 0 radical (unpaired) electrons. The molecular formula is C18H22FN3O4. The van der Waals surface area contributed by atoms with Crippen molar-refractivity contribution in [1.29, 1.82) is 0 Å². The number of hydrogen-bond donors (Lipinski definition) is 2. The molecule has 0 unspecified atom stereocenters. The molecule has 140 valence electrons.